The number of carbonyl (C=O) groups is 1. The molecule has 0 unspecified atom stereocenters. The maximum atomic E-state index is 11.6. The van der Waals surface area contributed by atoms with E-state index in [-0.39, 0.29) is 12.4 Å². The monoisotopic (exact) mass is 216 g/mol. The molecule has 0 aliphatic heterocycles. The number of hydrogen-bond donors (Lipinski definition) is 1. The molecule has 0 heterocycles. The Bertz CT molecular complexity index is 364. The Balaban J connectivity index is 2.35. The molecule has 0 amide bonds. The molecule has 2 heteroatoms. The van der Waals surface area contributed by atoms with Crippen molar-refractivity contribution in [1.82, 2.24) is 0 Å². The molecule has 0 aliphatic rings. The first-order valence-electron chi connectivity index (χ1n) is 5.36. The second-order valence-electron chi connectivity index (χ2n) is 3.36. The van der Waals surface area contributed by atoms with Crippen molar-refractivity contribution in [3.8, 4) is 0 Å². The Kier molecular flexibility index (Phi) is 5.89. The smallest absolute Gasteiger partial charge is 0.185 e. The van der Waals surface area contributed by atoms with E-state index in [0.29, 0.717) is 5.56 Å². The third-order valence-electron chi connectivity index (χ3n) is 2.10. The predicted octanol–water partition coefficient (Wildman–Crippen LogP) is 2.75. The molecule has 0 bridgehead atoms. The highest BCUT2D eigenvalue weighted by Gasteiger charge is 1.97. The molecule has 0 fully saturated rings. The van der Waals surface area contributed by atoms with Crippen LogP contribution in [-0.2, 0) is 0 Å². The van der Waals surface area contributed by atoms with E-state index < -0.39 is 0 Å². The topological polar surface area (TPSA) is 37.3 Å². The molecule has 1 rings (SSSR count). The normalized spacial score (nSPS) is 11.3. The summed E-state index contributed by atoms with van der Waals surface area (Å²) in [5, 5.41) is 8.50. The molecule has 84 valence electrons. The van der Waals surface area contributed by atoms with E-state index in [1.54, 1.807) is 24.3 Å². The molecule has 0 spiro atoms. The van der Waals surface area contributed by atoms with Gasteiger partial charge in [0.15, 0.2) is 5.78 Å². The SMILES string of the molecule is O=C(/C=C/CC/C=C/CO)c1ccccc1. The zero-order valence-electron chi connectivity index (χ0n) is 9.17. The molecule has 16 heavy (non-hydrogen) atoms. The predicted molar refractivity (Wildman–Crippen MR) is 65.4 cm³/mol. The third kappa shape index (κ3) is 4.71. The van der Waals surface area contributed by atoms with E-state index in [1.165, 1.54) is 0 Å². The van der Waals surface area contributed by atoms with Gasteiger partial charge in [-0.05, 0) is 18.9 Å². The van der Waals surface area contributed by atoms with Crippen LogP contribution in [0.2, 0.25) is 0 Å². The van der Waals surface area contributed by atoms with Crippen molar-refractivity contribution in [1.29, 1.82) is 0 Å². The first kappa shape index (κ1) is 12.4. The number of hydrogen-bond acceptors (Lipinski definition) is 2. The summed E-state index contributed by atoms with van der Waals surface area (Å²) in [5.41, 5.74) is 0.713. The highest BCUT2D eigenvalue weighted by molar-refractivity contribution is 6.04. The van der Waals surface area contributed by atoms with Gasteiger partial charge in [-0.3, -0.25) is 4.79 Å². The van der Waals surface area contributed by atoms with Crippen LogP contribution >= 0.6 is 0 Å². The first-order valence-corrected chi connectivity index (χ1v) is 5.36. The molecule has 1 aromatic rings. The molecule has 0 saturated carbocycles. The van der Waals surface area contributed by atoms with E-state index in [0.717, 1.165) is 12.8 Å². The maximum absolute atomic E-state index is 11.6. The largest absolute Gasteiger partial charge is 0.392 e. The zero-order chi connectivity index (χ0) is 11.6. The van der Waals surface area contributed by atoms with Gasteiger partial charge >= 0.3 is 0 Å². The molecule has 1 N–H and O–H groups in total. The summed E-state index contributed by atoms with van der Waals surface area (Å²) in [7, 11) is 0. The number of carbonyl (C=O) groups excluding carboxylic acids is 1. The lowest BCUT2D eigenvalue weighted by molar-refractivity contribution is 0.104. The Morgan fingerprint density at radius 1 is 1.06 bits per heavy atom. The Morgan fingerprint density at radius 3 is 2.44 bits per heavy atom. The number of benzene rings is 1. The van der Waals surface area contributed by atoms with Gasteiger partial charge < -0.3 is 5.11 Å². The van der Waals surface area contributed by atoms with Crippen LogP contribution in [0.3, 0.4) is 0 Å². The number of unbranched alkanes of at least 4 members (excludes halogenated alkanes) is 1. The van der Waals surface area contributed by atoms with Crippen LogP contribution in [0, 0.1) is 0 Å². The summed E-state index contributed by atoms with van der Waals surface area (Å²) in [4.78, 5) is 11.6. The van der Waals surface area contributed by atoms with Crippen LogP contribution in [-0.4, -0.2) is 17.5 Å². The van der Waals surface area contributed by atoms with Gasteiger partial charge in [-0.1, -0.05) is 48.6 Å². The maximum Gasteiger partial charge on any atom is 0.185 e. The van der Waals surface area contributed by atoms with E-state index in [4.69, 9.17) is 5.11 Å². The minimum absolute atomic E-state index is 0.0340. The van der Waals surface area contributed by atoms with Gasteiger partial charge in [-0.25, -0.2) is 0 Å². The molecular formula is C14H16O2. The molecule has 1 aromatic carbocycles. The van der Waals surface area contributed by atoms with Gasteiger partial charge in [0.1, 0.15) is 0 Å². The fraction of sp³-hybridized carbons (Fsp3) is 0.214. The molecule has 0 atom stereocenters. The lowest BCUT2D eigenvalue weighted by Gasteiger charge is -1.93. The number of ketones is 1. The minimum atomic E-state index is 0.0340. The molecular weight excluding hydrogens is 200 g/mol. The van der Waals surface area contributed by atoms with Crippen molar-refractivity contribution in [3.63, 3.8) is 0 Å². The van der Waals surface area contributed by atoms with Crippen molar-refractivity contribution in [2.24, 2.45) is 0 Å². The lowest BCUT2D eigenvalue weighted by atomic mass is 10.1. The van der Waals surface area contributed by atoms with Crippen LogP contribution in [0.5, 0.6) is 0 Å². The van der Waals surface area contributed by atoms with Gasteiger partial charge in [0, 0.05) is 5.56 Å². The summed E-state index contributed by atoms with van der Waals surface area (Å²) < 4.78 is 0. The van der Waals surface area contributed by atoms with Crippen LogP contribution < -0.4 is 0 Å². The van der Waals surface area contributed by atoms with Gasteiger partial charge in [0.05, 0.1) is 6.61 Å². The van der Waals surface area contributed by atoms with Crippen molar-refractivity contribution >= 4 is 5.78 Å². The van der Waals surface area contributed by atoms with Crippen LogP contribution in [0.15, 0.2) is 54.6 Å². The fourth-order valence-electron chi connectivity index (χ4n) is 1.27. The van der Waals surface area contributed by atoms with Crippen LogP contribution in [0.4, 0.5) is 0 Å². The zero-order valence-corrected chi connectivity index (χ0v) is 9.17. The highest BCUT2D eigenvalue weighted by Crippen LogP contribution is 2.02. The highest BCUT2D eigenvalue weighted by atomic mass is 16.2. The van der Waals surface area contributed by atoms with Crippen molar-refractivity contribution in [2.45, 2.75) is 12.8 Å². The number of aliphatic hydroxyl groups is 1. The van der Waals surface area contributed by atoms with Gasteiger partial charge in [-0.2, -0.15) is 0 Å². The van der Waals surface area contributed by atoms with E-state index in [9.17, 15) is 4.79 Å². The van der Waals surface area contributed by atoms with E-state index in [1.807, 2.05) is 30.4 Å². The first-order chi connectivity index (χ1) is 7.84. The van der Waals surface area contributed by atoms with E-state index >= 15 is 0 Å². The molecule has 0 aliphatic carbocycles. The summed E-state index contributed by atoms with van der Waals surface area (Å²) in [6, 6.07) is 9.20. The fourth-order valence-corrected chi connectivity index (χ4v) is 1.27. The lowest BCUT2D eigenvalue weighted by Crippen LogP contribution is -1.92. The van der Waals surface area contributed by atoms with Crippen molar-refractivity contribution in [2.75, 3.05) is 6.61 Å². The Morgan fingerprint density at radius 2 is 1.75 bits per heavy atom. The standard InChI is InChI=1S/C14H16O2/c15-12-8-3-1-2-7-11-14(16)13-9-5-4-6-10-13/h3-11,15H,1-2,12H2/b8-3+,11-7+. The second kappa shape index (κ2) is 7.60. The van der Waals surface area contributed by atoms with E-state index in [2.05, 4.69) is 0 Å². The molecule has 0 saturated heterocycles. The Labute approximate surface area is 95.9 Å². The van der Waals surface area contributed by atoms with Crippen molar-refractivity contribution < 1.29 is 9.90 Å². The average Bonchev–Trinajstić information content (AvgIpc) is 2.34. The Hall–Kier alpha value is -1.67. The quantitative estimate of drug-likeness (QED) is 0.343. The summed E-state index contributed by atoms with van der Waals surface area (Å²) in [6.07, 6.45) is 8.72. The number of aliphatic hydroxyl groups excluding tert-OH is 1. The summed E-state index contributed by atoms with van der Waals surface area (Å²) in [6.45, 7) is 0.0761. The summed E-state index contributed by atoms with van der Waals surface area (Å²) >= 11 is 0. The molecule has 2 nitrogen and oxygen atoms in total. The number of rotatable bonds is 6. The third-order valence-corrected chi connectivity index (χ3v) is 2.10. The number of allylic oxidation sites excluding steroid dienone is 3. The minimum Gasteiger partial charge on any atom is -0.392 e. The van der Waals surface area contributed by atoms with Gasteiger partial charge in [0.25, 0.3) is 0 Å². The van der Waals surface area contributed by atoms with Crippen LogP contribution in [0.25, 0.3) is 0 Å². The molecule has 0 radical (unpaired) electrons. The van der Waals surface area contributed by atoms with Gasteiger partial charge in [0.2, 0.25) is 0 Å². The molecule has 0 aromatic heterocycles. The van der Waals surface area contributed by atoms with Crippen molar-refractivity contribution in [3.05, 3.63) is 60.2 Å². The van der Waals surface area contributed by atoms with Gasteiger partial charge in [-0.15, -0.1) is 0 Å². The second-order valence-corrected chi connectivity index (χ2v) is 3.36. The summed E-state index contributed by atoms with van der Waals surface area (Å²) in [5.74, 6) is 0.0340. The average molecular weight is 216 g/mol. The van der Waals surface area contributed by atoms with Crippen LogP contribution in [0.1, 0.15) is 23.2 Å².